The third kappa shape index (κ3) is 2.38. The SMILES string of the molecule is CCc1ccccc1N1CCCC1c1ccc(N)cc1. The summed E-state index contributed by atoms with van der Waals surface area (Å²) in [5, 5.41) is 0. The highest BCUT2D eigenvalue weighted by atomic mass is 15.2. The number of aryl methyl sites for hydroxylation is 1. The molecule has 1 heterocycles. The van der Waals surface area contributed by atoms with Crippen molar-refractivity contribution in [2.75, 3.05) is 17.2 Å². The Kier molecular flexibility index (Phi) is 3.64. The van der Waals surface area contributed by atoms with Gasteiger partial charge in [-0.25, -0.2) is 0 Å². The lowest BCUT2D eigenvalue weighted by Gasteiger charge is -2.29. The number of hydrogen-bond acceptors (Lipinski definition) is 2. The zero-order valence-corrected chi connectivity index (χ0v) is 12.0. The molecule has 0 saturated carbocycles. The Balaban J connectivity index is 1.94. The summed E-state index contributed by atoms with van der Waals surface area (Å²) < 4.78 is 0. The monoisotopic (exact) mass is 266 g/mol. The minimum absolute atomic E-state index is 0.489. The summed E-state index contributed by atoms with van der Waals surface area (Å²) in [7, 11) is 0. The summed E-state index contributed by atoms with van der Waals surface area (Å²) in [5.41, 5.74) is 10.9. The van der Waals surface area contributed by atoms with Crippen molar-refractivity contribution in [1.82, 2.24) is 0 Å². The molecule has 1 aliphatic rings. The fourth-order valence-corrected chi connectivity index (χ4v) is 3.21. The fourth-order valence-electron chi connectivity index (χ4n) is 3.21. The molecule has 1 fully saturated rings. The lowest BCUT2D eigenvalue weighted by atomic mass is 10.0. The molecule has 104 valence electrons. The molecule has 2 aromatic rings. The topological polar surface area (TPSA) is 29.3 Å². The maximum absolute atomic E-state index is 5.80. The van der Waals surface area contributed by atoms with E-state index in [0.717, 1.165) is 18.7 Å². The summed E-state index contributed by atoms with van der Waals surface area (Å²) in [6.07, 6.45) is 3.57. The molecule has 3 rings (SSSR count). The van der Waals surface area contributed by atoms with Crippen molar-refractivity contribution in [2.24, 2.45) is 0 Å². The maximum atomic E-state index is 5.80. The van der Waals surface area contributed by atoms with Gasteiger partial charge < -0.3 is 10.6 Å². The largest absolute Gasteiger partial charge is 0.399 e. The van der Waals surface area contributed by atoms with Gasteiger partial charge in [0, 0.05) is 17.9 Å². The highest BCUT2D eigenvalue weighted by Crippen LogP contribution is 2.37. The number of rotatable bonds is 3. The average Bonchev–Trinajstić information content (AvgIpc) is 2.97. The number of nitrogens with zero attached hydrogens (tertiary/aromatic N) is 1. The lowest BCUT2D eigenvalue weighted by Crippen LogP contribution is -2.23. The first-order chi connectivity index (χ1) is 9.79. The third-order valence-corrected chi connectivity index (χ3v) is 4.26. The number of hydrogen-bond donors (Lipinski definition) is 1. The summed E-state index contributed by atoms with van der Waals surface area (Å²) in [6.45, 7) is 3.37. The first-order valence-corrected chi connectivity index (χ1v) is 7.49. The fraction of sp³-hybridized carbons (Fsp3) is 0.333. The molecule has 0 aliphatic carbocycles. The van der Waals surface area contributed by atoms with Crippen LogP contribution in [0.2, 0.25) is 0 Å². The molecule has 1 atom stereocenters. The van der Waals surface area contributed by atoms with Crippen LogP contribution < -0.4 is 10.6 Å². The van der Waals surface area contributed by atoms with Crippen molar-refractivity contribution in [3.63, 3.8) is 0 Å². The van der Waals surface area contributed by atoms with E-state index in [9.17, 15) is 0 Å². The second-order valence-corrected chi connectivity index (χ2v) is 5.50. The van der Waals surface area contributed by atoms with Crippen molar-refractivity contribution in [1.29, 1.82) is 0 Å². The minimum Gasteiger partial charge on any atom is -0.399 e. The average molecular weight is 266 g/mol. The molecule has 1 saturated heterocycles. The van der Waals surface area contributed by atoms with Gasteiger partial charge in [-0.3, -0.25) is 0 Å². The van der Waals surface area contributed by atoms with Gasteiger partial charge in [-0.1, -0.05) is 37.3 Å². The minimum atomic E-state index is 0.489. The highest BCUT2D eigenvalue weighted by molar-refractivity contribution is 5.56. The number of nitrogens with two attached hydrogens (primary N) is 1. The Morgan fingerprint density at radius 1 is 1.10 bits per heavy atom. The van der Waals surface area contributed by atoms with E-state index in [0.29, 0.717) is 6.04 Å². The zero-order valence-electron chi connectivity index (χ0n) is 12.0. The predicted octanol–water partition coefficient (Wildman–Crippen LogP) is 4.17. The van der Waals surface area contributed by atoms with Gasteiger partial charge in [-0.05, 0) is 48.6 Å². The summed E-state index contributed by atoms with van der Waals surface area (Å²) in [4.78, 5) is 2.56. The van der Waals surface area contributed by atoms with Crippen LogP contribution in [0.1, 0.15) is 36.9 Å². The normalized spacial score (nSPS) is 18.4. The maximum Gasteiger partial charge on any atom is 0.0543 e. The van der Waals surface area contributed by atoms with E-state index in [4.69, 9.17) is 5.73 Å². The van der Waals surface area contributed by atoms with Gasteiger partial charge in [0.2, 0.25) is 0 Å². The molecular formula is C18H22N2. The van der Waals surface area contributed by atoms with Crippen LogP contribution in [0.5, 0.6) is 0 Å². The first kappa shape index (κ1) is 13.0. The van der Waals surface area contributed by atoms with Crippen LogP contribution in [-0.2, 0) is 6.42 Å². The molecule has 0 bridgehead atoms. The van der Waals surface area contributed by atoms with Gasteiger partial charge in [0.15, 0.2) is 0 Å². The molecule has 0 aromatic heterocycles. The molecule has 2 nitrogen and oxygen atoms in total. The zero-order chi connectivity index (χ0) is 13.9. The molecule has 2 heteroatoms. The van der Waals surface area contributed by atoms with E-state index in [2.05, 4.69) is 48.2 Å². The molecule has 1 aliphatic heterocycles. The van der Waals surface area contributed by atoms with Crippen molar-refractivity contribution >= 4 is 11.4 Å². The number of anilines is 2. The van der Waals surface area contributed by atoms with Crippen molar-refractivity contribution in [3.8, 4) is 0 Å². The first-order valence-electron chi connectivity index (χ1n) is 7.49. The van der Waals surface area contributed by atoms with Crippen LogP contribution in [0.15, 0.2) is 48.5 Å². The summed E-state index contributed by atoms with van der Waals surface area (Å²) in [6, 6.07) is 17.6. The number of benzene rings is 2. The van der Waals surface area contributed by atoms with Crippen molar-refractivity contribution < 1.29 is 0 Å². The van der Waals surface area contributed by atoms with Crippen LogP contribution in [0.4, 0.5) is 11.4 Å². The van der Waals surface area contributed by atoms with Crippen molar-refractivity contribution in [3.05, 3.63) is 59.7 Å². The second-order valence-electron chi connectivity index (χ2n) is 5.50. The van der Waals surface area contributed by atoms with E-state index in [1.807, 2.05) is 12.1 Å². The van der Waals surface area contributed by atoms with Gasteiger partial charge in [0.05, 0.1) is 6.04 Å². The predicted molar refractivity (Wildman–Crippen MR) is 86.0 cm³/mol. The lowest BCUT2D eigenvalue weighted by molar-refractivity contribution is 0.716. The van der Waals surface area contributed by atoms with E-state index >= 15 is 0 Å². The molecular weight excluding hydrogens is 244 g/mol. The van der Waals surface area contributed by atoms with Gasteiger partial charge in [-0.15, -0.1) is 0 Å². The van der Waals surface area contributed by atoms with Gasteiger partial charge >= 0.3 is 0 Å². The number of para-hydroxylation sites is 1. The molecule has 2 aromatic carbocycles. The second kappa shape index (κ2) is 5.58. The van der Waals surface area contributed by atoms with E-state index in [-0.39, 0.29) is 0 Å². The van der Waals surface area contributed by atoms with Crippen LogP contribution in [0.3, 0.4) is 0 Å². The van der Waals surface area contributed by atoms with E-state index < -0.39 is 0 Å². The molecule has 0 amide bonds. The molecule has 1 unspecified atom stereocenters. The standard InChI is InChI=1S/C18H22N2/c1-2-14-6-3-4-7-17(14)20-13-5-8-18(20)15-9-11-16(19)12-10-15/h3-4,6-7,9-12,18H,2,5,8,13,19H2,1H3. The van der Waals surface area contributed by atoms with Crippen LogP contribution in [0.25, 0.3) is 0 Å². The Morgan fingerprint density at radius 2 is 1.85 bits per heavy atom. The van der Waals surface area contributed by atoms with Gasteiger partial charge in [0.1, 0.15) is 0 Å². The van der Waals surface area contributed by atoms with Gasteiger partial charge in [-0.2, -0.15) is 0 Å². The summed E-state index contributed by atoms with van der Waals surface area (Å²) >= 11 is 0. The van der Waals surface area contributed by atoms with Crippen LogP contribution in [0, 0.1) is 0 Å². The Labute approximate surface area is 121 Å². The molecule has 0 radical (unpaired) electrons. The Bertz CT molecular complexity index is 574. The Morgan fingerprint density at radius 3 is 2.60 bits per heavy atom. The van der Waals surface area contributed by atoms with Crippen molar-refractivity contribution in [2.45, 2.75) is 32.2 Å². The van der Waals surface area contributed by atoms with E-state index in [1.54, 1.807) is 0 Å². The quantitative estimate of drug-likeness (QED) is 0.845. The molecule has 2 N–H and O–H groups in total. The number of nitrogen functional groups attached to an aromatic ring is 1. The highest BCUT2D eigenvalue weighted by Gasteiger charge is 2.27. The van der Waals surface area contributed by atoms with E-state index in [1.165, 1.54) is 29.7 Å². The summed E-state index contributed by atoms with van der Waals surface area (Å²) in [5.74, 6) is 0. The van der Waals surface area contributed by atoms with Crippen LogP contribution in [-0.4, -0.2) is 6.54 Å². The van der Waals surface area contributed by atoms with Crippen LogP contribution >= 0.6 is 0 Å². The molecule has 0 spiro atoms. The van der Waals surface area contributed by atoms with Gasteiger partial charge in [0.25, 0.3) is 0 Å². The molecule has 20 heavy (non-hydrogen) atoms. The Hall–Kier alpha value is -1.96. The smallest absolute Gasteiger partial charge is 0.0543 e. The third-order valence-electron chi connectivity index (χ3n) is 4.26.